The van der Waals surface area contributed by atoms with Crippen molar-refractivity contribution >= 4 is 35.0 Å². The first-order chi connectivity index (χ1) is 15.5. The van der Waals surface area contributed by atoms with Crippen molar-refractivity contribution in [2.45, 2.75) is 19.0 Å². The molecule has 164 valence electrons. The molecule has 0 radical (unpaired) electrons. The number of aliphatic imine (C=N–C) groups is 1. The first kappa shape index (κ1) is 22.2. The second kappa shape index (κ2) is 10.1. The Balaban J connectivity index is 1.56. The van der Waals surface area contributed by atoms with Gasteiger partial charge in [0.2, 0.25) is 0 Å². The number of hydrogen-bond donors (Lipinski definition) is 1. The molecule has 0 spiro atoms. The van der Waals surface area contributed by atoms with Crippen LogP contribution in [0.1, 0.15) is 35.7 Å². The van der Waals surface area contributed by atoms with Gasteiger partial charge in [0, 0.05) is 15.6 Å². The van der Waals surface area contributed by atoms with Crippen LogP contribution in [0, 0.1) is 0 Å². The van der Waals surface area contributed by atoms with E-state index < -0.39 is 5.97 Å². The van der Waals surface area contributed by atoms with E-state index in [0.717, 1.165) is 22.5 Å². The third kappa shape index (κ3) is 5.23. The van der Waals surface area contributed by atoms with Crippen LogP contribution in [0.2, 0.25) is 10.0 Å². The summed E-state index contributed by atoms with van der Waals surface area (Å²) in [6, 6.07) is 22.8. The van der Waals surface area contributed by atoms with E-state index in [1.165, 1.54) is 0 Å². The predicted octanol–water partition coefficient (Wildman–Crippen LogP) is 5.77. The van der Waals surface area contributed by atoms with Gasteiger partial charge in [0.25, 0.3) is 0 Å². The number of carbonyl (C=O) groups excluding carboxylic acids is 1. The second-order valence-corrected chi connectivity index (χ2v) is 8.14. The van der Waals surface area contributed by atoms with E-state index in [2.05, 4.69) is 5.32 Å². The van der Waals surface area contributed by atoms with Gasteiger partial charge in [-0.2, -0.15) is 0 Å². The third-order valence-corrected chi connectivity index (χ3v) is 5.61. The van der Waals surface area contributed by atoms with Crippen LogP contribution in [-0.2, 0) is 9.53 Å². The number of rotatable bonds is 7. The summed E-state index contributed by atoms with van der Waals surface area (Å²) in [6.45, 7) is 1.97. The van der Waals surface area contributed by atoms with E-state index in [1.807, 2.05) is 72.8 Å². The summed E-state index contributed by atoms with van der Waals surface area (Å²) in [7, 11) is 0. The summed E-state index contributed by atoms with van der Waals surface area (Å²) in [5.74, 6) is 0.973. The summed E-state index contributed by atoms with van der Waals surface area (Å²) in [5, 5.41) is 4.93. The molecule has 0 amide bonds. The molecule has 4 rings (SSSR count). The van der Waals surface area contributed by atoms with E-state index in [-0.39, 0.29) is 18.7 Å². The highest BCUT2D eigenvalue weighted by Crippen LogP contribution is 2.37. The third-order valence-electron chi connectivity index (χ3n) is 5.11. The Kier molecular flexibility index (Phi) is 6.98. The molecule has 1 aliphatic rings. The van der Waals surface area contributed by atoms with E-state index in [0.29, 0.717) is 22.4 Å². The maximum absolute atomic E-state index is 11.5. The second-order valence-electron chi connectivity index (χ2n) is 7.27. The van der Waals surface area contributed by atoms with Crippen LogP contribution >= 0.6 is 23.2 Å². The molecule has 0 aromatic heterocycles. The molecule has 1 heterocycles. The minimum atomic E-state index is -0.393. The first-order valence-electron chi connectivity index (χ1n) is 10.3. The number of amidine groups is 1. The molecule has 3 aromatic rings. The number of carbonyl (C=O) groups is 1. The number of esters is 1. The lowest BCUT2D eigenvalue weighted by Crippen LogP contribution is -2.25. The van der Waals surface area contributed by atoms with Crippen molar-refractivity contribution in [1.82, 2.24) is 5.32 Å². The van der Waals surface area contributed by atoms with Crippen LogP contribution in [-0.4, -0.2) is 25.0 Å². The van der Waals surface area contributed by atoms with Gasteiger partial charge in [0.15, 0.2) is 6.61 Å². The molecule has 0 unspecified atom stereocenters. The van der Waals surface area contributed by atoms with Gasteiger partial charge in [-0.25, -0.2) is 4.79 Å². The highest BCUT2D eigenvalue weighted by Gasteiger charge is 2.31. The Morgan fingerprint density at radius 2 is 1.50 bits per heavy atom. The Bertz CT molecular complexity index is 1100. The molecule has 32 heavy (non-hydrogen) atoms. The van der Waals surface area contributed by atoms with Gasteiger partial charge in [-0.1, -0.05) is 47.5 Å². The first-order valence-corrected chi connectivity index (χ1v) is 11.0. The van der Waals surface area contributed by atoms with Gasteiger partial charge in [-0.05, 0) is 66.6 Å². The number of nitrogens with zero attached hydrogens (tertiary/aromatic N) is 1. The molecule has 1 N–H and O–H groups in total. The lowest BCUT2D eigenvalue weighted by atomic mass is 9.95. The Morgan fingerprint density at radius 1 is 0.906 bits per heavy atom. The summed E-state index contributed by atoms with van der Waals surface area (Å²) < 4.78 is 10.4. The van der Waals surface area contributed by atoms with Crippen molar-refractivity contribution in [3.63, 3.8) is 0 Å². The molecular weight excluding hydrogens is 447 g/mol. The van der Waals surface area contributed by atoms with Crippen molar-refractivity contribution in [2.24, 2.45) is 4.99 Å². The smallest absolute Gasteiger partial charge is 0.344 e. The van der Waals surface area contributed by atoms with Crippen LogP contribution in [0.15, 0.2) is 77.8 Å². The number of hydrogen-bond acceptors (Lipinski definition) is 5. The Morgan fingerprint density at radius 3 is 2.09 bits per heavy atom. The van der Waals surface area contributed by atoms with Gasteiger partial charge in [0.1, 0.15) is 17.6 Å². The van der Waals surface area contributed by atoms with Gasteiger partial charge in [0.05, 0.1) is 12.6 Å². The molecule has 2 atom stereocenters. The fraction of sp³-hybridized carbons (Fsp3) is 0.200. The van der Waals surface area contributed by atoms with Crippen LogP contribution in [0.3, 0.4) is 0 Å². The molecule has 0 fully saturated rings. The zero-order chi connectivity index (χ0) is 22.5. The number of benzene rings is 3. The summed E-state index contributed by atoms with van der Waals surface area (Å²) in [6.07, 6.45) is 0. The van der Waals surface area contributed by atoms with Crippen LogP contribution in [0.25, 0.3) is 0 Å². The average molecular weight is 469 g/mol. The highest BCUT2D eigenvalue weighted by atomic mass is 35.5. The molecule has 1 aliphatic heterocycles. The highest BCUT2D eigenvalue weighted by molar-refractivity contribution is 6.30. The van der Waals surface area contributed by atoms with Crippen molar-refractivity contribution in [3.05, 3.63) is 99.5 Å². The van der Waals surface area contributed by atoms with Crippen molar-refractivity contribution in [3.8, 4) is 5.75 Å². The molecule has 0 bridgehead atoms. The van der Waals surface area contributed by atoms with Gasteiger partial charge in [-0.15, -0.1) is 0 Å². The molecule has 3 aromatic carbocycles. The van der Waals surface area contributed by atoms with Crippen LogP contribution < -0.4 is 10.1 Å². The Hall–Kier alpha value is -3.02. The summed E-state index contributed by atoms with van der Waals surface area (Å²) >= 11 is 12.2. The van der Waals surface area contributed by atoms with Crippen molar-refractivity contribution in [2.75, 3.05) is 13.2 Å². The van der Waals surface area contributed by atoms with E-state index in [1.54, 1.807) is 6.92 Å². The SMILES string of the molecule is CCOC(=O)COc1ccc(C2=N[C@H](c3ccc(Cl)cc3)[C@H](c3ccc(Cl)cc3)N2)cc1. The number of ether oxygens (including phenoxy) is 2. The predicted molar refractivity (Wildman–Crippen MR) is 127 cm³/mol. The molecule has 0 saturated heterocycles. The number of nitrogens with one attached hydrogen (secondary N) is 1. The maximum Gasteiger partial charge on any atom is 0.344 e. The minimum absolute atomic E-state index is 0.0526. The molecule has 0 aliphatic carbocycles. The minimum Gasteiger partial charge on any atom is -0.482 e. The summed E-state index contributed by atoms with van der Waals surface area (Å²) in [5.41, 5.74) is 3.07. The quantitative estimate of drug-likeness (QED) is 0.447. The zero-order valence-electron chi connectivity index (χ0n) is 17.4. The monoisotopic (exact) mass is 468 g/mol. The van der Waals surface area contributed by atoms with Gasteiger partial charge in [-0.3, -0.25) is 4.99 Å². The zero-order valence-corrected chi connectivity index (χ0v) is 18.9. The van der Waals surface area contributed by atoms with Gasteiger partial charge >= 0.3 is 5.97 Å². The largest absolute Gasteiger partial charge is 0.482 e. The Labute approximate surface area is 197 Å². The van der Waals surface area contributed by atoms with Crippen molar-refractivity contribution < 1.29 is 14.3 Å². The standard InChI is InChI=1S/C25H22Cl2N2O3/c1-2-31-22(30)15-32-21-13-7-18(8-14-21)25-28-23(16-3-9-19(26)10-4-16)24(29-25)17-5-11-20(27)12-6-17/h3-14,23-24H,2,15H2,1H3,(H,28,29)/t23-,24+. The van der Waals surface area contributed by atoms with E-state index in [4.69, 9.17) is 37.7 Å². The molecule has 5 nitrogen and oxygen atoms in total. The lowest BCUT2D eigenvalue weighted by molar-refractivity contribution is -0.145. The van der Waals surface area contributed by atoms with E-state index >= 15 is 0 Å². The van der Waals surface area contributed by atoms with Crippen LogP contribution in [0.4, 0.5) is 0 Å². The van der Waals surface area contributed by atoms with E-state index in [9.17, 15) is 4.79 Å². The van der Waals surface area contributed by atoms with Crippen molar-refractivity contribution in [1.29, 1.82) is 0 Å². The topological polar surface area (TPSA) is 59.9 Å². The lowest BCUT2D eigenvalue weighted by Gasteiger charge is -2.20. The molecule has 0 saturated carbocycles. The molecular formula is C25H22Cl2N2O3. The van der Waals surface area contributed by atoms with Gasteiger partial charge < -0.3 is 14.8 Å². The normalized spacial score (nSPS) is 17.4. The summed E-state index contributed by atoms with van der Waals surface area (Å²) in [4.78, 5) is 16.5. The maximum atomic E-state index is 11.5. The fourth-order valence-electron chi connectivity index (χ4n) is 3.55. The number of halogens is 2. The molecule has 7 heteroatoms. The fourth-order valence-corrected chi connectivity index (χ4v) is 3.80. The average Bonchev–Trinajstić information content (AvgIpc) is 3.25. The van der Waals surface area contributed by atoms with Crippen LogP contribution in [0.5, 0.6) is 5.75 Å².